The van der Waals surface area contributed by atoms with Crippen LogP contribution in [0.2, 0.25) is 0 Å². The van der Waals surface area contributed by atoms with Gasteiger partial charge >= 0.3 is 0 Å². The van der Waals surface area contributed by atoms with Crippen LogP contribution in [-0.4, -0.2) is 17.9 Å². The van der Waals surface area contributed by atoms with Gasteiger partial charge in [0.25, 0.3) is 5.91 Å². The van der Waals surface area contributed by atoms with Crippen molar-refractivity contribution in [2.45, 2.75) is 33.7 Å². The number of benzene rings is 2. The van der Waals surface area contributed by atoms with Crippen molar-refractivity contribution >= 4 is 17.5 Å². The van der Waals surface area contributed by atoms with Crippen LogP contribution in [0.15, 0.2) is 42.5 Å². The van der Waals surface area contributed by atoms with Gasteiger partial charge < -0.3 is 10.6 Å². The van der Waals surface area contributed by atoms with E-state index in [1.807, 2.05) is 45.9 Å². The molecule has 0 spiro atoms. The number of amides is 2. The average Bonchev–Trinajstić information content (AvgIpc) is 2.56. The normalized spacial score (nSPS) is 11.9. The second-order valence-corrected chi connectivity index (χ2v) is 6.51. The van der Waals surface area contributed by atoms with Crippen molar-refractivity contribution in [1.29, 1.82) is 0 Å². The molecule has 1 atom stereocenters. The molecule has 2 aromatic rings. The fourth-order valence-electron chi connectivity index (χ4n) is 2.44. The first kappa shape index (κ1) is 18.6. The molecule has 25 heavy (non-hydrogen) atoms. The van der Waals surface area contributed by atoms with Gasteiger partial charge in [-0.1, -0.05) is 26.0 Å². The van der Waals surface area contributed by atoms with Crippen LogP contribution in [0.5, 0.6) is 0 Å². The lowest BCUT2D eigenvalue weighted by molar-refractivity contribution is -0.118. The van der Waals surface area contributed by atoms with E-state index in [2.05, 4.69) is 10.6 Å². The van der Waals surface area contributed by atoms with Crippen molar-refractivity contribution in [1.82, 2.24) is 5.32 Å². The molecule has 2 rings (SSSR count). The van der Waals surface area contributed by atoms with Gasteiger partial charge in [0.1, 0.15) is 11.9 Å². The van der Waals surface area contributed by atoms with E-state index in [-0.39, 0.29) is 11.8 Å². The van der Waals surface area contributed by atoms with Crippen molar-refractivity contribution in [3.8, 4) is 0 Å². The highest BCUT2D eigenvalue weighted by Crippen LogP contribution is 2.17. The molecule has 1 unspecified atom stereocenters. The molecule has 0 aliphatic carbocycles. The van der Waals surface area contributed by atoms with Crippen molar-refractivity contribution in [2.75, 3.05) is 5.32 Å². The Morgan fingerprint density at radius 3 is 2.24 bits per heavy atom. The smallest absolute Gasteiger partial charge is 0.251 e. The van der Waals surface area contributed by atoms with Crippen LogP contribution in [0.4, 0.5) is 10.1 Å². The van der Waals surface area contributed by atoms with E-state index >= 15 is 0 Å². The minimum absolute atomic E-state index is 0.102. The maximum absolute atomic E-state index is 13.0. The van der Waals surface area contributed by atoms with Gasteiger partial charge in [-0.2, -0.15) is 0 Å². The zero-order chi connectivity index (χ0) is 18.6. The Morgan fingerprint density at radius 1 is 1.00 bits per heavy atom. The lowest BCUT2D eigenvalue weighted by atomic mass is 10.0. The summed E-state index contributed by atoms with van der Waals surface area (Å²) in [5.41, 5.74) is 3.03. The lowest BCUT2D eigenvalue weighted by Crippen LogP contribution is -2.47. The standard InChI is InChI=1S/C20H23FN2O2/c1-12(2)18(23-19(24)15-7-9-16(21)10-8-15)20(25)22-17-11-13(3)5-6-14(17)4/h5-12,18H,1-4H3,(H,22,25)(H,23,24). The van der Waals surface area contributed by atoms with Crippen LogP contribution < -0.4 is 10.6 Å². The topological polar surface area (TPSA) is 58.2 Å². The summed E-state index contributed by atoms with van der Waals surface area (Å²) >= 11 is 0. The molecule has 4 nitrogen and oxygen atoms in total. The second-order valence-electron chi connectivity index (χ2n) is 6.51. The first-order chi connectivity index (χ1) is 11.8. The third kappa shape index (κ3) is 4.89. The van der Waals surface area contributed by atoms with Crippen molar-refractivity contribution in [3.05, 3.63) is 65.0 Å². The molecular weight excluding hydrogens is 319 g/mol. The van der Waals surface area contributed by atoms with Gasteiger partial charge in [0.05, 0.1) is 0 Å². The number of halogens is 1. The number of carbonyl (C=O) groups is 2. The van der Waals surface area contributed by atoms with E-state index in [4.69, 9.17) is 0 Å². The first-order valence-electron chi connectivity index (χ1n) is 8.22. The maximum atomic E-state index is 13.0. The van der Waals surface area contributed by atoms with Gasteiger partial charge in [-0.15, -0.1) is 0 Å². The summed E-state index contributed by atoms with van der Waals surface area (Å²) < 4.78 is 13.0. The van der Waals surface area contributed by atoms with Crippen molar-refractivity contribution in [3.63, 3.8) is 0 Å². The van der Waals surface area contributed by atoms with E-state index in [0.29, 0.717) is 5.56 Å². The number of nitrogens with one attached hydrogen (secondary N) is 2. The van der Waals surface area contributed by atoms with Gasteiger partial charge in [0.2, 0.25) is 5.91 Å². The summed E-state index contributed by atoms with van der Waals surface area (Å²) in [7, 11) is 0. The van der Waals surface area contributed by atoms with Crippen LogP contribution in [-0.2, 0) is 4.79 Å². The molecule has 0 bridgehead atoms. The van der Waals surface area contributed by atoms with E-state index in [0.717, 1.165) is 16.8 Å². The molecule has 0 saturated heterocycles. The second kappa shape index (κ2) is 7.92. The van der Waals surface area contributed by atoms with Crippen molar-refractivity contribution < 1.29 is 14.0 Å². The highest BCUT2D eigenvalue weighted by molar-refractivity contribution is 6.01. The van der Waals surface area contributed by atoms with Gasteiger partial charge in [-0.25, -0.2) is 4.39 Å². The zero-order valence-corrected chi connectivity index (χ0v) is 14.9. The van der Waals surface area contributed by atoms with E-state index < -0.39 is 17.8 Å². The van der Waals surface area contributed by atoms with Gasteiger partial charge in [0.15, 0.2) is 0 Å². The Kier molecular flexibility index (Phi) is 5.91. The summed E-state index contributed by atoms with van der Waals surface area (Å²) in [4.78, 5) is 25.0. The van der Waals surface area contributed by atoms with E-state index in [9.17, 15) is 14.0 Å². The Morgan fingerprint density at radius 2 is 1.64 bits per heavy atom. The molecule has 5 heteroatoms. The first-order valence-corrected chi connectivity index (χ1v) is 8.22. The third-order valence-corrected chi connectivity index (χ3v) is 3.99. The summed E-state index contributed by atoms with van der Waals surface area (Å²) in [5, 5.41) is 5.62. The SMILES string of the molecule is Cc1ccc(C)c(NC(=O)C(NC(=O)c2ccc(F)cc2)C(C)C)c1. The Labute approximate surface area is 147 Å². The van der Waals surface area contributed by atoms with Crippen molar-refractivity contribution in [2.24, 2.45) is 5.92 Å². The predicted octanol–water partition coefficient (Wildman–Crippen LogP) is 3.84. The number of hydrogen-bond donors (Lipinski definition) is 2. The number of aryl methyl sites for hydroxylation is 2. The fraction of sp³-hybridized carbons (Fsp3) is 0.300. The van der Waals surface area contributed by atoms with Crippen LogP contribution in [0.3, 0.4) is 0 Å². The minimum Gasteiger partial charge on any atom is -0.340 e. The van der Waals surface area contributed by atoms with Crippen LogP contribution in [0, 0.1) is 25.6 Å². The molecule has 0 heterocycles. The quantitative estimate of drug-likeness (QED) is 0.867. The van der Waals surface area contributed by atoms with Gasteiger partial charge in [-0.3, -0.25) is 9.59 Å². The molecule has 0 fully saturated rings. The highest BCUT2D eigenvalue weighted by atomic mass is 19.1. The molecule has 0 aromatic heterocycles. The predicted molar refractivity (Wildman–Crippen MR) is 97.0 cm³/mol. The van der Waals surface area contributed by atoms with Gasteiger partial charge in [-0.05, 0) is 61.2 Å². The molecule has 0 saturated carbocycles. The zero-order valence-electron chi connectivity index (χ0n) is 14.9. The maximum Gasteiger partial charge on any atom is 0.251 e. The Bertz CT molecular complexity index is 770. The largest absolute Gasteiger partial charge is 0.340 e. The Balaban J connectivity index is 2.14. The minimum atomic E-state index is -0.697. The molecule has 2 N–H and O–H groups in total. The van der Waals surface area contributed by atoms with E-state index in [1.165, 1.54) is 24.3 Å². The lowest BCUT2D eigenvalue weighted by Gasteiger charge is -2.22. The summed E-state index contributed by atoms with van der Waals surface area (Å²) in [6, 6.07) is 10.3. The molecule has 0 aliphatic heterocycles. The molecule has 2 amide bonds. The molecule has 2 aromatic carbocycles. The summed E-state index contributed by atoms with van der Waals surface area (Å²) in [6.07, 6.45) is 0. The van der Waals surface area contributed by atoms with Crippen LogP contribution in [0.25, 0.3) is 0 Å². The third-order valence-electron chi connectivity index (χ3n) is 3.99. The number of rotatable bonds is 5. The number of anilines is 1. The average molecular weight is 342 g/mol. The molecule has 132 valence electrons. The fourth-order valence-corrected chi connectivity index (χ4v) is 2.44. The molecule has 0 radical (unpaired) electrons. The monoisotopic (exact) mass is 342 g/mol. The highest BCUT2D eigenvalue weighted by Gasteiger charge is 2.25. The Hall–Kier alpha value is -2.69. The number of carbonyl (C=O) groups excluding carboxylic acids is 2. The number of hydrogen-bond acceptors (Lipinski definition) is 2. The van der Waals surface area contributed by atoms with Gasteiger partial charge in [0, 0.05) is 11.3 Å². The van der Waals surface area contributed by atoms with Crippen LogP contribution >= 0.6 is 0 Å². The van der Waals surface area contributed by atoms with E-state index in [1.54, 1.807) is 0 Å². The summed E-state index contributed by atoms with van der Waals surface area (Å²) in [6.45, 7) is 7.58. The summed E-state index contributed by atoms with van der Waals surface area (Å²) in [5.74, 6) is -1.20. The van der Waals surface area contributed by atoms with Crippen LogP contribution in [0.1, 0.15) is 35.3 Å². The molecular formula is C20H23FN2O2. The molecule has 0 aliphatic rings.